The van der Waals surface area contributed by atoms with Crippen molar-refractivity contribution in [1.82, 2.24) is 4.90 Å². The zero-order chi connectivity index (χ0) is 16.3. The number of rotatable bonds is 6. The van der Waals surface area contributed by atoms with E-state index in [1.807, 2.05) is 0 Å². The van der Waals surface area contributed by atoms with Crippen LogP contribution in [0.5, 0.6) is 0 Å². The van der Waals surface area contributed by atoms with E-state index in [0.717, 1.165) is 6.26 Å². The number of nitrogens with two attached hydrogens (primary N) is 1. The molecule has 1 amide bonds. The number of carbonyl (C=O) groups is 2. The lowest BCUT2D eigenvalue weighted by Gasteiger charge is -2.40. The van der Waals surface area contributed by atoms with Crippen molar-refractivity contribution in [2.24, 2.45) is 11.1 Å². The first kappa shape index (κ1) is 17.9. The summed E-state index contributed by atoms with van der Waals surface area (Å²) in [7, 11) is -3.17. The molecule has 0 aliphatic carbocycles. The van der Waals surface area contributed by atoms with Gasteiger partial charge in [-0.15, -0.1) is 0 Å². The fourth-order valence-corrected chi connectivity index (χ4v) is 3.32. The first-order valence-corrected chi connectivity index (χ1v) is 9.13. The Morgan fingerprint density at radius 2 is 2.05 bits per heavy atom. The van der Waals surface area contributed by atoms with Crippen LogP contribution in [0.1, 0.15) is 32.6 Å². The second-order valence-electron chi connectivity index (χ2n) is 5.83. The predicted molar refractivity (Wildman–Crippen MR) is 78.5 cm³/mol. The van der Waals surface area contributed by atoms with Gasteiger partial charge in [-0.25, -0.2) is 8.42 Å². The van der Waals surface area contributed by atoms with Gasteiger partial charge in [-0.2, -0.15) is 0 Å². The van der Waals surface area contributed by atoms with E-state index in [1.165, 1.54) is 4.90 Å². The Bertz CT molecular complexity index is 505. The molecule has 122 valence electrons. The topological polar surface area (TPSA) is 118 Å². The number of carboxylic acids is 1. The van der Waals surface area contributed by atoms with Crippen molar-refractivity contribution in [1.29, 1.82) is 0 Å². The number of hydrogen-bond acceptors (Lipinski definition) is 5. The van der Waals surface area contributed by atoms with Gasteiger partial charge >= 0.3 is 5.97 Å². The van der Waals surface area contributed by atoms with Gasteiger partial charge < -0.3 is 15.7 Å². The number of sulfone groups is 1. The molecule has 1 rings (SSSR count). The lowest BCUT2D eigenvalue weighted by molar-refractivity contribution is -0.155. The summed E-state index contributed by atoms with van der Waals surface area (Å²) in [5, 5.41) is 9.39. The Balaban J connectivity index is 2.71. The van der Waals surface area contributed by atoms with Crippen LogP contribution in [0.2, 0.25) is 0 Å². The van der Waals surface area contributed by atoms with Gasteiger partial charge in [0.15, 0.2) is 0 Å². The van der Waals surface area contributed by atoms with Crippen molar-refractivity contribution in [2.45, 2.75) is 38.6 Å². The molecular formula is C13H24N2O5S. The fraction of sp³-hybridized carbons (Fsp3) is 0.846. The molecule has 0 bridgehead atoms. The zero-order valence-corrected chi connectivity index (χ0v) is 13.4. The van der Waals surface area contributed by atoms with Crippen LogP contribution in [0, 0.1) is 5.41 Å². The summed E-state index contributed by atoms with van der Waals surface area (Å²) >= 11 is 0. The molecule has 0 aromatic heterocycles. The van der Waals surface area contributed by atoms with Crippen LogP contribution in [-0.2, 0) is 19.4 Å². The van der Waals surface area contributed by atoms with Gasteiger partial charge in [0.25, 0.3) is 0 Å². The van der Waals surface area contributed by atoms with E-state index in [4.69, 9.17) is 5.73 Å². The Hall–Kier alpha value is -1.15. The Kier molecular flexibility index (Phi) is 5.75. The predicted octanol–water partition coefficient (Wildman–Crippen LogP) is -0.148. The lowest BCUT2D eigenvalue weighted by atomic mass is 9.77. The molecule has 1 fully saturated rings. The quantitative estimate of drug-likeness (QED) is 0.703. The number of carbonyl (C=O) groups excluding carboxylic acids is 1. The van der Waals surface area contributed by atoms with Crippen LogP contribution in [0.25, 0.3) is 0 Å². The second kappa shape index (κ2) is 6.74. The number of likely N-dealkylation sites (tertiary alicyclic amines) is 1. The Morgan fingerprint density at radius 3 is 2.52 bits per heavy atom. The van der Waals surface area contributed by atoms with E-state index in [-0.39, 0.29) is 24.6 Å². The number of aliphatic carboxylic acids is 1. The number of amides is 1. The molecular weight excluding hydrogens is 296 g/mol. The first-order valence-electron chi connectivity index (χ1n) is 7.07. The summed E-state index contributed by atoms with van der Waals surface area (Å²) in [6, 6.07) is -0.902. The number of nitrogens with zero attached hydrogens (tertiary/aromatic N) is 1. The molecule has 2 unspecified atom stereocenters. The van der Waals surface area contributed by atoms with E-state index in [1.54, 1.807) is 6.92 Å². The van der Waals surface area contributed by atoms with Crippen LogP contribution in [0.3, 0.4) is 0 Å². The summed E-state index contributed by atoms with van der Waals surface area (Å²) in [6.45, 7) is 2.41. The van der Waals surface area contributed by atoms with E-state index < -0.39 is 27.3 Å². The van der Waals surface area contributed by atoms with Gasteiger partial charge in [0.2, 0.25) is 5.91 Å². The molecule has 3 N–H and O–H groups in total. The fourth-order valence-electron chi connectivity index (χ4n) is 2.63. The van der Waals surface area contributed by atoms with E-state index in [2.05, 4.69) is 0 Å². The van der Waals surface area contributed by atoms with Gasteiger partial charge in [-0.05, 0) is 25.7 Å². The van der Waals surface area contributed by atoms with Crippen LogP contribution in [0.4, 0.5) is 0 Å². The molecule has 0 aromatic carbocycles. The van der Waals surface area contributed by atoms with E-state index >= 15 is 0 Å². The van der Waals surface area contributed by atoms with Gasteiger partial charge in [-0.1, -0.05) is 6.92 Å². The molecule has 0 saturated carbocycles. The molecule has 0 radical (unpaired) electrons. The molecule has 1 aliphatic heterocycles. The Morgan fingerprint density at radius 1 is 1.43 bits per heavy atom. The van der Waals surface area contributed by atoms with E-state index in [9.17, 15) is 23.1 Å². The molecule has 2 atom stereocenters. The zero-order valence-electron chi connectivity index (χ0n) is 12.5. The van der Waals surface area contributed by atoms with Gasteiger partial charge in [0.1, 0.15) is 9.84 Å². The van der Waals surface area contributed by atoms with Crippen LogP contribution >= 0.6 is 0 Å². The van der Waals surface area contributed by atoms with Gasteiger partial charge in [0.05, 0.1) is 17.2 Å². The minimum absolute atomic E-state index is 0.0559. The number of carboxylic acid groups (broad SMARTS) is 1. The maximum Gasteiger partial charge on any atom is 0.311 e. The van der Waals surface area contributed by atoms with Crippen molar-refractivity contribution in [2.75, 3.05) is 25.1 Å². The smallest absolute Gasteiger partial charge is 0.311 e. The largest absolute Gasteiger partial charge is 0.481 e. The summed E-state index contributed by atoms with van der Waals surface area (Å²) < 4.78 is 22.2. The van der Waals surface area contributed by atoms with Crippen LogP contribution < -0.4 is 5.73 Å². The third-order valence-corrected chi connectivity index (χ3v) is 5.11. The molecule has 1 saturated heterocycles. The molecule has 7 nitrogen and oxygen atoms in total. The standard InChI is InChI=1S/C13H24N2O5S/c1-3-13(12(17)18)6-4-7-15(9-13)11(16)10(14)5-8-21(2,19)20/h10H,3-9,14H2,1-2H3,(H,17,18). The number of piperidine rings is 1. The molecule has 0 spiro atoms. The molecule has 0 aromatic rings. The average Bonchev–Trinajstić information content (AvgIpc) is 2.42. The second-order valence-corrected chi connectivity index (χ2v) is 8.09. The highest BCUT2D eigenvalue weighted by molar-refractivity contribution is 7.90. The highest BCUT2D eigenvalue weighted by Gasteiger charge is 2.42. The maximum atomic E-state index is 12.3. The van der Waals surface area contributed by atoms with Gasteiger partial charge in [0, 0.05) is 19.3 Å². The summed E-state index contributed by atoms with van der Waals surface area (Å²) in [5.41, 5.74) is 4.85. The van der Waals surface area contributed by atoms with Crippen LogP contribution in [-0.4, -0.2) is 61.4 Å². The van der Waals surface area contributed by atoms with Crippen molar-refractivity contribution in [3.05, 3.63) is 0 Å². The van der Waals surface area contributed by atoms with Crippen molar-refractivity contribution in [3.63, 3.8) is 0 Å². The molecule has 1 heterocycles. The highest BCUT2D eigenvalue weighted by Crippen LogP contribution is 2.33. The third-order valence-electron chi connectivity index (χ3n) is 4.14. The van der Waals surface area contributed by atoms with E-state index in [0.29, 0.717) is 25.8 Å². The van der Waals surface area contributed by atoms with Gasteiger partial charge in [-0.3, -0.25) is 9.59 Å². The molecule has 21 heavy (non-hydrogen) atoms. The minimum atomic E-state index is -3.17. The minimum Gasteiger partial charge on any atom is -0.481 e. The van der Waals surface area contributed by atoms with Crippen molar-refractivity contribution < 1.29 is 23.1 Å². The average molecular weight is 320 g/mol. The highest BCUT2D eigenvalue weighted by atomic mass is 32.2. The summed E-state index contributed by atoms with van der Waals surface area (Å²) in [5.74, 6) is -1.41. The van der Waals surface area contributed by atoms with Crippen molar-refractivity contribution in [3.8, 4) is 0 Å². The SMILES string of the molecule is CCC1(C(=O)O)CCCN(C(=O)C(N)CCS(C)(=O)=O)C1. The van der Waals surface area contributed by atoms with Crippen LogP contribution in [0.15, 0.2) is 0 Å². The molecule has 1 aliphatic rings. The third kappa shape index (κ3) is 4.67. The molecule has 8 heteroatoms. The first-order chi connectivity index (χ1) is 9.61. The maximum absolute atomic E-state index is 12.3. The summed E-state index contributed by atoms with van der Waals surface area (Å²) in [6.07, 6.45) is 2.76. The normalized spacial score (nSPS) is 24.6. The number of hydrogen-bond donors (Lipinski definition) is 2. The lowest BCUT2D eigenvalue weighted by Crippen LogP contribution is -2.53. The monoisotopic (exact) mass is 320 g/mol. The van der Waals surface area contributed by atoms with Crippen molar-refractivity contribution >= 4 is 21.7 Å². The Labute approximate surface area is 125 Å². The summed E-state index contributed by atoms with van der Waals surface area (Å²) in [4.78, 5) is 25.2.